The van der Waals surface area contributed by atoms with Crippen molar-refractivity contribution in [1.82, 2.24) is 5.43 Å². The van der Waals surface area contributed by atoms with E-state index in [1.54, 1.807) is 48.5 Å². The molecule has 0 aliphatic carbocycles. The minimum absolute atomic E-state index is 0.131. The molecule has 0 saturated heterocycles. The molecule has 0 fully saturated rings. The number of rotatable bonds is 7. The number of anilines is 2. The Morgan fingerprint density at radius 1 is 0.844 bits per heavy atom. The lowest BCUT2D eigenvalue weighted by atomic mass is 10.2. The van der Waals surface area contributed by atoms with Crippen LogP contribution in [0.3, 0.4) is 0 Å². The Morgan fingerprint density at radius 2 is 1.53 bits per heavy atom. The lowest BCUT2D eigenvalue weighted by Gasteiger charge is -2.07. The van der Waals surface area contributed by atoms with Crippen molar-refractivity contribution in [1.29, 1.82) is 0 Å². The second-order valence-corrected chi connectivity index (χ2v) is 6.74. The minimum Gasteiger partial charge on any atom is -0.484 e. The van der Waals surface area contributed by atoms with Crippen molar-refractivity contribution in [3.63, 3.8) is 0 Å². The van der Waals surface area contributed by atoms with Gasteiger partial charge in [0.25, 0.3) is 5.91 Å². The third-order valence-corrected chi connectivity index (χ3v) is 4.29. The molecule has 0 aliphatic rings. The zero-order chi connectivity index (χ0) is 22.8. The summed E-state index contributed by atoms with van der Waals surface area (Å²) in [5.74, 6) is -1.46. The van der Waals surface area contributed by atoms with Crippen LogP contribution in [-0.4, -0.2) is 30.5 Å². The predicted molar refractivity (Wildman–Crippen MR) is 123 cm³/mol. The molecule has 0 radical (unpaired) electrons. The maximum Gasteiger partial charge on any atom is 0.329 e. The van der Waals surface area contributed by atoms with Gasteiger partial charge in [0.2, 0.25) is 0 Å². The van der Waals surface area contributed by atoms with E-state index in [2.05, 4.69) is 21.2 Å². The monoisotopic (exact) mass is 430 g/mol. The van der Waals surface area contributed by atoms with Crippen molar-refractivity contribution in [2.45, 2.75) is 6.92 Å². The first-order chi connectivity index (χ1) is 15.5. The third-order valence-electron chi connectivity index (χ3n) is 4.29. The largest absolute Gasteiger partial charge is 0.484 e. The first kappa shape index (κ1) is 22.2. The molecule has 0 saturated carbocycles. The van der Waals surface area contributed by atoms with E-state index in [4.69, 9.17) is 4.74 Å². The second-order valence-electron chi connectivity index (χ2n) is 6.74. The molecule has 162 valence electrons. The van der Waals surface area contributed by atoms with Gasteiger partial charge in [0, 0.05) is 11.4 Å². The molecule has 0 aromatic heterocycles. The van der Waals surface area contributed by atoms with Gasteiger partial charge >= 0.3 is 11.8 Å². The fraction of sp³-hybridized carbons (Fsp3) is 0.0833. The molecule has 0 unspecified atom stereocenters. The van der Waals surface area contributed by atoms with E-state index in [9.17, 15) is 14.4 Å². The molecular formula is C24H22N4O4. The number of carbonyl (C=O) groups is 3. The van der Waals surface area contributed by atoms with Gasteiger partial charge in [0.05, 0.1) is 6.21 Å². The van der Waals surface area contributed by atoms with Crippen molar-refractivity contribution in [3.05, 3.63) is 90.0 Å². The number of nitrogens with one attached hydrogen (secondary N) is 3. The van der Waals surface area contributed by atoms with Gasteiger partial charge in [-0.3, -0.25) is 14.4 Å². The molecular weight excluding hydrogens is 408 g/mol. The molecule has 32 heavy (non-hydrogen) atoms. The first-order valence-corrected chi connectivity index (χ1v) is 9.79. The Labute approximate surface area is 185 Å². The van der Waals surface area contributed by atoms with Gasteiger partial charge in [-0.2, -0.15) is 5.10 Å². The zero-order valence-corrected chi connectivity index (χ0v) is 17.4. The topological polar surface area (TPSA) is 109 Å². The van der Waals surface area contributed by atoms with Crippen molar-refractivity contribution in [2.75, 3.05) is 17.2 Å². The minimum atomic E-state index is -0.881. The molecule has 0 spiro atoms. The molecule has 3 aromatic rings. The highest BCUT2D eigenvalue weighted by Gasteiger charge is 2.13. The van der Waals surface area contributed by atoms with E-state index < -0.39 is 11.8 Å². The van der Waals surface area contributed by atoms with E-state index in [1.807, 2.05) is 37.3 Å². The third kappa shape index (κ3) is 6.81. The number of hydrogen-bond donors (Lipinski definition) is 3. The van der Waals surface area contributed by atoms with E-state index in [1.165, 1.54) is 6.21 Å². The SMILES string of the molecule is Cc1ccccc1NC(=O)C(=O)N/N=C\c1ccc(OCC(=O)Nc2ccccc2)cc1. The molecule has 3 N–H and O–H groups in total. The van der Waals surface area contributed by atoms with Gasteiger partial charge in [-0.25, -0.2) is 5.43 Å². The summed E-state index contributed by atoms with van der Waals surface area (Å²) >= 11 is 0. The number of amides is 3. The lowest BCUT2D eigenvalue weighted by Crippen LogP contribution is -2.32. The number of nitrogens with zero attached hydrogens (tertiary/aromatic N) is 1. The molecule has 8 heteroatoms. The number of carbonyl (C=O) groups excluding carboxylic acids is 3. The lowest BCUT2D eigenvalue weighted by molar-refractivity contribution is -0.136. The van der Waals surface area contributed by atoms with Crippen LogP contribution in [0.4, 0.5) is 11.4 Å². The number of benzene rings is 3. The molecule has 3 rings (SSSR count). The standard InChI is InChI=1S/C24H22N4O4/c1-17-7-5-6-10-21(17)27-23(30)24(31)28-25-15-18-11-13-20(14-12-18)32-16-22(29)26-19-8-3-2-4-9-19/h2-15H,16H2,1H3,(H,26,29)(H,27,30)(H,28,31)/b25-15-. The maximum absolute atomic E-state index is 11.9. The summed E-state index contributed by atoms with van der Waals surface area (Å²) in [4.78, 5) is 35.8. The normalized spacial score (nSPS) is 10.4. The summed E-state index contributed by atoms with van der Waals surface area (Å²) in [6.45, 7) is 1.70. The quantitative estimate of drug-likeness (QED) is 0.304. The zero-order valence-electron chi connectivity index (χ0n) is 17.4. The van der Waals surface area contributed by atoms with Crippen LogP contribution in [0.15, 0.2) is 84.0 Å². The maximum atomic E-state index is 11.9. The molecule has 0 heterocycles. The van der Waals surface area contributed by atoms with E-state index in [-0.39, 0.29) is 12.5 Å². The highest BCUT2D eigenvalue weighted by Crippen LogP contribution is 2.13. The van der Waals surface area contributed by atoms with Gasteiger partial charge in [-0.15, -0.1) is 0 Å². The number of hydrazone groups is 1. The number of hydrogen-bond acceptors (Lipinski definition) is 5. The van der Waals surface area contributed by atoms with E-state index >= 15 is 0 Å². The average Bonchev–Trinajstić information content (AvgIpc) is 2.80. The van der Waals surface area contributed by atoms with Gasteiger partial charge in [0.15, 0.2) is 6.61 Å². The Morgan fingerprint density at radius 3 is 2.25 bits per heavy atom. The average molecular weight is 430 g/mol. The fourth-order valence-corrected chi connectivity index (χ4v) is 2.63. The van der Waals surface area contributed by atoms with Crippen LogP contribution in [0.5, 0.6) is 5.75 Å². The Bertz CT molecular complexity index is 1110. The van der Waals surface area contributed by atoms with E-state index in [0.29, 0.717) is 22.7 Å². The molecule has 8 nitrogen and oxygen atoms in total. The van der Waals surface area contributed by atoms with Gasteiger partial charge in [-0.1, -0.05) is 36.4 Å². The van der Waals surface area contributed by atoms with Crippen molar-refractivity contribution < 1.29 is 19.1 Å². The highest BCUT2D eigenvalue weighted by atomic mass is 16.5. The number of ether oxygens (including phenoxy) is 1. The van der Waals surface area contributed by atoms with Gasteiger partial charge < -0.3 is 15.4 Å². The van der Waals surface area contributed by atoms with Crippen LogP contribution >= 0.6 is 0 Å². The first-order valence-electron chi connectivity index (χ1n) is 9.79. The smallest absolute Gasteiger partial charge is 0.329 e. The molecule has 0 bridgehead atoms. The second kappa shape index (κ2) is 11.1. The van der Waals surface area contributed by atoms with Crippen LogP contribution in [-0.2, 0) is 14.4 Å². The Kier molecular flexibility index (Phi) is 7.69. The van der Waals surface area contributed by atoms with Crippen LogP contribution < -0.4 is 20.8 Å². The Balaban J connectivity index is 1.43. The van der Waals surface area contributed by atoms with Gasteiger partial charge in [-0.05, 0) is 60.5 Å². The fourth-order valence-electron chi connectivity index (χ4n) is 2.63. The summed E-state index contributed by atoms with van der Waals surface area (Å²) in [6, 6.07) is 23.0. The van der Waals surface area contributed by atoms with Crippen LogP contribution in [0.1, 0.15) is 11.1 Å². The summed E-state index contributed by atoms with van der Waals surface area (Å²) in [5.41, 5.74) is 4.96. The molecule has 3 amide bonds. The predicted octanol–water partition coefficient (Wildman–Crippen LogP) is 3.10. The van der Waals surface area contributed by atoms with Crippen molar-refractivity contribution in [3.8, 4) is 5.75 Å². The molecule has 0 aliphatic heterocycles. The number of aryl methyl sites for hydroxylation is 1. The van der Waals surface area contributed by atoms with Crippen molar-refractivity contribution in [2.24, 2.45) is 5.10 Å². The summed E-state index contributed by atoms with van der Waals surface area (Å²) in [7, 11) is 0. The Hall–Kier alpha value is -4.46. The number of para-hydroxylation sites is 2. The van der Waals surface area contributed by atoms with Crippen LogP contribution in [0.25, 0.3) is 0 Å². The molecule has 0 atom stereocenters. The van der Waals surface area contributed by atoms with E-state index in [0.717, 1.165) is 5.56 Å². The summed E-state index contributed by atoms with van der Waals surface area (Å²) in [6.07, 6.45) is 1.39. The highest BCUT2D eigenvalue weighted by molar-refractivity contribution is 6.39. The van der Waals surface area contributed by atoms with Gasteiger partial charge in [0.1, 0.15) is 5.75 Å². The van der Waals surface area contributed by atoms with Crippen molar-refractivity contribution >= 4 is 35.3 Å². The van der Waals surface area contributed by atoms with Crippen LogP contribution in [0.2, 0.25) is 0 Å². The summed E-state index contributed by atoms with van der Waals surface area (Å²) in [5, 5.41) is 9.05. The molecule has 3 aromatic carbocycles. The van der Waals surface area contributed by atoms with Crippen LogP contribution in [0, 0.1) is 6.92 Å². The summed E-state index contributed by atoms with van der Waals surface area (Å²) < 4.78 is 5.46.